The predicted molar refractivity (Wildman–Crippen MR) is 107 cm³/mol. The lowest BCUT2D eigenvalue weighted by Gasteiger charge is -2.17. The zero-order valence-corrected chi connectivity index (χ0v) is 16.1. The monoisotopic (exact) mass is 397 g/mol. The molecule has 2 heterocycles. The molecule has 0 saturated carbocycles. The van der Waals surface area contributed by atoms with E-state index in [4.69, 9.17) is 0 Å². The fourth-order valence-electron chi connectivity index (χ4n) is 3.38. The van der Waals surface area contributed by atoms with Gasteiger partial charge in [0.25, 0.3) is 11.6 Å². The summed E-state index contributed by atoms with van der Waals surface area (Å²) in [4.78, 5) is 24.8. The average molecular weight is 397 g/mol. The number of carbonyl (C=O) groups excluding carboxylic acids is 1. The molecule has 1 atom stereocenters. The topological polar surface area (TPSA) is 96.0 Å². The lowest BCUT2D eigenvalue weighted by atomic mass is 9.89. The molecule has 6 nitrogen and oxygen atoms in total. The van der Waals surface area contributed by atoms with Crippen LogP contribution in [0.3, 0.4) is 0 Å². The van der Waals surface area contributed by atoms with Gasteiger partial charge in [0.2, 0.25) is 0 Å². The molecule has 0 radical (unpaired) electrons. The summed E-state index contributed by atoms with van der Waals surface area (Å²) >= 11 is 2.77. The van der Waals surface area contributed by atoms with E-state index in [1.54, 1.807) is 12.1 Å². The number of nitro groups is 1. The van der Waals surface area contributed by atoms with Gasteiger partial charge in [-0.05, 0) is 42.9 Å². The van der Waals surface area contributed by atoms with Gasteiger partial charge in [-0.3, -0.25) is 14.9 Å². The second-order valence-electron chi connectivity index (χ2n) is 6.71. The average Bonchev–Trinajstić information content (AvgIpc) is 3.21. The molecule has 1 aromatic carbocycles. The van der Waals surface area contributed by atoms with E-state index < -0.39 is 4.92 Å². The molecule has 1 aliphatic carbocycles. The first-order valence-corrected chi connectivity index (χ1v) is 10.1. The molecule has 2 aromatic heterocycles. The molecular weight excluding hydrogens is 382 g/mol. The molecule has 0 saturated heterocycles. The van der Waals surface area contributed by atoms with E-state index in [0.717, 1.165) is 29.5 Å². The van der Waals surface area contributed by atoms with Crippen LogP contribution in [0.15, 0.2) is 24.3 Å². The highest BCUT2D eigenvalue weighted by atomic mass is 32.1. The number of nitrogens with one attached hydrogen (secondary N) is 1. The standard InChI is InChI=1S/C19H15N3O3S2/c1-10-2-4-13-14(9-20)19(27-16(13)6-10)21-18(23)17-8-11-7-12(22(24)25)3-5-15(11)26-17/h3,5,7-8,10H,2,4,6H2,1H3,(H,21,23)/t10-/m1/s1. The quantitative estimate of drug-likeness (QED) is 0.490. The molecule has 0 unspecified atom stereocenters. The van der Waals surface area contributed by atoms with E-state index in [1.807, 2.05) is 0 Å². The number of nitro benzene ring substituents is 1. The molecule has 1 amide bonds. The molecule has 0 aliphatic heterocycles. The highest BCUT2D eigenvalue weighted by molar-refractivity contribution is 7.21. The van der Waals surface area contributed by atoms with Crippen molar-refractivity contribution in [1.29, 1.82) is 5.26 Å². The first-order valence-electron chi connectivity index (χ1n) is 8.50. The molecule has 0 bridgehead atoms. The maximum atomic E-state index is 12.7. The Morgan fingerprint density at radius 2 is 2.19 bits per heavy atom. The van der Waals surface area contributed by atoms with Crippen molar-refractivity contribution in [3.8, 4) is 6.07 Å². The maximum Gasteiger partial charge on any atom is 0.270 e. The minimum Gasteiger partial charge on any atom is -0.312 e. The molecule has 3 aromatic rings. The number of nitriles is 1. The number of amides is 1. The normalized spacial score (nSPS) is 15.9. The van der Waals surface area contributed by atoms with Gasteiger partial charge in [-0.15, -0.1) is 22.7 Å². The van der Waals surface area contributed by atoms with Gasteiger partial charge in [-0.25, -0.2) is 0 Å². The third-order valence-corrected chi connectivity index (χ3v) is 7.07. The highest BCUT2D eigenvalue weighted by Crippen LogP contribution is 2.39. The summed E-state index contributed by atoms with van der Waals surface area (Å²) in [6.45, 7) is 2.20. The SMILES string of the molecule is C[C@@H]1CCc2c(sc(NC(=O)c3cc4cc([N+](=O)[O-])ccc4s3)c2C#N)C1. The predicted octanol–water partition coefficient (Wildman–Crippen LogP) is 5.12. The number of hydrogen-bond donors (Lipinski definition) is 1. The van der Waals surface area contributed by atoms with Crippen molar-refractivity contribution < 1.29 is 9.72 Å². The Labute approximate surface area is 163 Å². The number of anilines is 1. The summed E-state index contributed by atoms with van der Waals surface area (Å²) in [5.41, 5.74) is 1.65. The Morgan fingerprint density at radius 1 is 1.37 bits per heavy atom. The second-order valence-corrected chi connectivity index (χ2v) is 8.90. The van der Waals surface area contributed by atoms with Crippen molar-refractivity contribution in [2.24, 2.45) is 5.92 Å². The Hall–Kier alpha value is -2.76. The summed E-state index contributed by atoms with van der Waals surface area (Å²) in [6, 6.07) is 8.46. The smallest absolute Gasteiger partial charge is 0.270 e. The van der Waals surface area contributed by atoms with Crippen molar-refractivity contribution in [2.75, 3.05) is 5.32 Å². The van der Waals surface area contributed by atoms with Crippen LogP contribution < -0.4 is 5.32 Å². The van der Waals surface area contributed by atoms with Crippen molar-refractivity contribution in [2.45, 2.75) is 26.2 Å². The third-order valence-electron chi connectivity index (χ3n) is 4.79. The van der Waals surface area contributed by atoms with Crippen LogP contribution in [0.1, 0.15) is 39.0 Å². The minimum atomic E-state index is -0.451. The molecule has 27 heavy (non-hydrogen) atoms. The van der Waals surface area contributed by atoms with E-state index >= 15 is 0 Å². The largest absolute Gasteiger partial charge is 0.312 e. The Balaban J connectivity index is 1.64. The van der Waals surface area contributed by atoms with Gasteiger partial charge in [0.05, 0.1) is 15.4 Å². The maximum absolute atomic E-state index is 12.7. The first kappa shape index (κ1) is 17.6. The Bertz CT molecular complexity index is 1120. The fourth-order valence-corrected chi connectivity index (χ4v) is 5.67. The molecule has 8 heteroatoms. The molecule has 0 spiro atoms. The van der Waals surface area contributed by atoms with Crippen LogP contribution in [-0.2, 0) is 12.8 Å². The van der Waals surface area contributed by atoms with Crippen LogP contribution in [-0.4, -0.2) is 10.8 Å². The summed E-state index contributed by atoms with van der Waals surface area (Å²) < 4.78 is 0.811. The molecule has 1 aliphatic rings. The van der Waals surface area contributed by atoms with Gasteiger partial charge in [-0.1, -0.05) is 6.92 Å². The van der Waals surface area contributed by atoms with Crippen LogP contribution in [0.2, 0.25) is 0 Å². The van der Waals surface area contributed by atoms with E-state index in [1.165, 1.54) is 39.7 Å². The van der Waals surface area contributed by atoms with Gasteiger partial charge in [0, 0.05) is 27.1 Å². The summed E-state index contributed by atoms with van der Waals surface area (Å²) in [7, 11) is 0. The van der Waals surface area contributed by atoms with Gasteiger partial charge in [0.1, 0.15) is 11.1 Å². The van der Waals surface area contributed by atoms with Gasteiger partial charge in [-0.2, -0.15) is 5.26 Å². The lowest BCUT2D eigenvalue weighted by molar-refractivity contribution is -0.384. The van der Waals surface area contributed by atoms with Crippen LogP contribution in [0.4, 0.5) is 10.7 Å². The number of non-ortho nitro benzene ring substituents is 1. The van der Waals surface area contributed by atoms with Crippen LogP contribution in [0, 0.1) is 27.4 Å². The zero-order valence-electron chi connectivity index (χ0n) is 14.4. The second kappa shape index (κ2) is 6.76. The van der Waals surface area contributed by atoms with Crippen LogP contribution in [0.5, 0.6) is 0 Å². The number of fused-ring (bicyclic) bond motifs is 2. The number of hydrogen-bond acceptors (Lipinski definition) is 6. The molecule has 136 valence electrons. The molecule has 1 N–H and O–H groups in total. The lowest BCUT2D eigenvalue weighted by Crippen LogP contribution is -2.11. The Kier molecular flexibility index (Phi) is 4.42. The minimum absolute atomic E-state index is 0.000855. The molecular formula is C19H15N3O3S2. The zero-order chi connectivity index (χ0) is 19.1. The summed E-state index contributed by atoms with van der Waals surface area (Å²) in [6.07, 6.45) is 2.87. The van der Waals surface area contributed by atoms with E-state index in [-0.39, 0.29) is 11.6 Å². The number of carbonyl (C=O) groups is 1. The van der Waals surface area contributed by atoms with E-state index in [2.05, 4.69) is 18.3 Å². The van der Waals surface area contributed by atoms with Crippen molar-refractivity contribution in [3.05, 3.63) is 55.3 Å². The highest BCUT2D eigenvalue weighted by Gasteiger charge is 2.25. The molecule has 4 rings (SSSR count). The van der Waals surface area contributed by atoms with Crippen molar-refractivity contribution in [3.63, 3.8) is 0 Å². The summed E-state index contributed by atoms with van der Waals surface area (Å²) in [5, 5.41) is 24.6. The fraction of sp³-hybridized carbons (Fsp3) is 0.263. The molecule has 0 fully saturated rings. The van der Waals surface area contributed by atoms with Crippen LogP contribution >= 0.6 is 22.7 Å². The van der Waals surface area contributed by atoms with Crippen LogP contribution in [0.25, 0.3) is 10.1 Å². The van der Waals surface area contributed by atoms with Crippen molar-refractivity contribution in [1.82, 2.24) is 0 Å². The number of rotatable bonds is 3. The van der Waals surface area contributed by atoms with Gasteiger partial charge < -0.3 is 5.32 Å². The third kappa shape index (κ3) is 3.20. The van der Waals surface area contributed by atoms with Gasteiger partial charge in [0.15, 0.2) is 0 Å². The number of nitrogens with zero attached hydrogens (tertiary/aromatic N) is 2. The van der Waals surface area contributed by atoms with E-state index in [0.29, 0.717) is 26.7 Å². The number of benzene rings is 1. The summed E-state index contributed by atoms with van der Waals surface area (Å²) in [5.74, 6) is 0.298. The number of thiophene rings is 2. The van der Waals surface area contributed by atoms with Crippen molar-refractivity contribution >= 4 is 49.4 Å². The Morgan fingerprint density at radius 3 is 2.93 bits per heavy atom. The van der Waals surface area contributed by atoms with Gasteiger partial charge >= 0.3 is 0 Å². The van der Waals surface area contributed by atoms with E-state index in [9.17, 15) is 20.2 Å². The first-order chi connectivity index (χ1) is 13.0.